The fraction of sp³-hybridized carbons (Fsp3) is 0.652. The molecule has 3 nitrogen and oxygen atoms in total. The average Bonchev–Trinajstić information content (AvgIpc) is 2.69. The van der Waals surface area contributed by atoms with Gasteiger partial charge in [0.05, 0.1) is 12.1 Å². The van der Waals surface area contributed by atoms with Crippen LogP contribution >= 0.6 is 0 Å². The highest BCUT2D eigenvalue weighted by atomic mass is 15.3. The van der Waals surface area contributed by atoms with Crippen molar-refractivity contribution < 1.29 is 0 Å². The Labute approximate surface area is 159 Å². The number of hydrogen-bond donors (Lipinski definition) is 0. The van der Waals surface area contributed by atoms with E-state index in [1.165, 1.54) is 0 Å². The van der Waals surface area contributed by atoms with Crippen LogP contribution in [0, 0.1) is 22.7 Å². The minimum absolute atomic E-state index is 0.559. The van der Waals surface area contributed by atoms with Crippen molar-refractivity contribution in [3.05, 3.63) is 30.3 Å². The molecule has 0 saturated carbocycles. The van der Waals surface area contributed by atoms with Gasteiger partial charge in [0.25, 0.3) is 0 Å². The summed E-state index contributed by atoms with van der Waals surface area (Å²) in [6.07, 6.45) is 11.0. The lowest BCUT2D eigenvalue weighted by Crippen LogP contribution is -2.63. The molecule has 140 valence electrons. The van der Waals surface area contributed by atoms with E-state index in [2.05, 4.69) is 43.0 Å². The fourth-order valence-corrected chi connectivity index (χ4v) is 4.51. The summed E-state index contributed by atoms with van der Waals surface area (Å²) in [5.74, 6) is 0. The van der Waals surface area contributed by atoms with Gasteiger partial charge in [-0.25, -0.2) is 0 Å². The summed E-state index contributed by atoms with van der Waals surface area (Å²) in [5.41, 5.74) is -0.0868. The molecule has 1 aliphatic rings. The summed E-state index contributed by atoms with van der Waals surface area (Å²) in [4.78, 5) is 2.23. The van der Waals surface area contributed by atoms with Crippen molar-refractivity contribution in [2.75, 3.05) is 4.90 Å². The molecule has 1 aliphatic heterocycles. The van der Waals surface area contributed by atoms with E-state index in [-0.39, 0.29) is 0 Å². The lowest BCUT2D eigenvalue weighted by molar-refractivity contribution is 0.241. The molecule has 26 heavy (non-hydrogen) atoms. The average molecular weight is 352 g/mol. The molecule has 1 aromatic rings. The molecule has 1 fully saturated rings. The van der Waals surface area contributed by atoms with Crippen LogP contribution in [-0.4, -0.2) is 11.1 Å². The van der Waals surface area contributed by atoms with Gasteiger partial charge in [-0.05, 0) is 44.2 Å². The Bertz CT molecular complexity index is 591. The van der Waals surface area contributed by atoms with E-state index in [9.17, 15) is 10.5 Å². The molecular formula is C23H33N3. The van der Waals surface area contributed by atoms with Crippen LogP contribution < -0.4 is 4.90 Å². The minimum atomic E-state index is -0.559. The topological polar surface area (TPSA) is 50.8 Å². The Balaban J connectivity index is 2.46. The van der Waals surface area contributed by atoms with Crippen molar-refractivity contribution in [3.63, 3.8) is 0 Å². The molecule has 0 aliphatic carbocycles. The van der Waals surface area contributed by atoms with Crippen LogP contribution in [0.1, 0.15) is 84.5 Å². The molecule has 0 amide bonds. The Morgan fingerprint density at radius 2 is 1.35 bits per heavy atom. The van der Waals surface area contributed by atoms with E-state index in [0.717, 1.165) is 76.3 Å². The number of rotatable bonds is 9. The molecule has 0 radical (unpaired) electrons. The maximum atomic E-state index is 10.3. The molecule has 2 rings (SSSR count). The SMILES string of the molecule is CCCCCC1(C#N)CCCC(C#N)(CCCCC)N1c1ccccc1. The van der Waals surface area contributed by atoms with E-state index in [0.29, 0.717) is 0 Å². The van der Waals surface area contributed by atoms with Gasteiger partial charge in [-0.1, -0.05) is 70.6 Å². The van der Waals surface area contributed by atoms with Crippen LogP contribution in [-0.2, 0) is 0 Å². The summed E-state index contributed by atoms with van der Waals surface area (Å²) in [5, 5.41) is 20.5. The van der Waals surface area contributed by atoms with Crippen molar-refractivity contribution in [1.29, 1.82) is 10.5 Å². The Morgan fingerprint density at radius 1 is 0.846 bits per heavy atom. The fourth-order valence-electron chi connectivity index (χ4n) is 4.51. The Hall–Kier alpha value is -2.00. The summed E-state index contributed by atoms with van der Waals surface area (Å²) in [6, 6.07) is 15.5. The predicted molar refractivity (Wildman–Crippen MR) is 108 cm³/mol. The highest BCUT2D eigenvalue weighted by Gasteiger charge is 2.51. The molecule has 1 aromatic carbocycles. The van der Waals surface area contributed by atoms with E-state index in [1.54, 1.807) is 0 Å². The third-order valence-corrected chi connectivity index (χ3v) is 5.86. The van der Waals surface area contributed by atoms with Crippen molar-refractivity contribution in [2.24, 2.45) is 0 Å². The van der Waals surface area contributed by atoms with Crippen LogP contribution in [0.3, 0.4) is 0 Å². The van der Waals surface area contributed by atoms with Crippen molar-refractivity contribution >= 4 is 5.69 Å². The summed E-state index contributed by atoms with van der Waals surface area (Å²) in [7, 11) is 0. The molecule has 2 unspecified atom stereocenters. The smallest absolute Gasteiger partial charge is 0.129 e. The van der Waals surface area contributed by atoms with Gasteiger partial charge < -0.3 is 4.90 Å². The van der Waals surface area contributed by atoms with Crippen LogP contribution in [0.15, 0.2) is 30.3 Å². The Morgan fingerprint density at radius 3 is 1.77 bits per heavy atom. The second-order valence-electron chi connectivity index (χ2n) is 7.73. The van der Waals surface area contributed by atoms with Crippen LogP contribution in [0.25, 0.3) is 0 Å². The van der Waals surface area contributed by atoms with E-state index < -0.39 is 11.1 Å². The number of anilines is 1. The molecule has 2 atom stereocenters. The maximum absolute atomic E-state index is 10.3. The molecule has 0 N–H and O–H groups in total. The van der Waals surface area contributed by atoms with E-state index in [4.69, 9.17) is 0 Å². The van der Waals surface area contributed by atoms with Gasteiger partial charge in [0, 0.05) is 5.69 Å². The predicted octanol–water partition coefficient (Wildman–Crippen LogP) is 6.36. The molecule has 1 saturated heterocycles. The summed E-state index contributed by atoms with van der Waals surface area (Å²) in [6.45, 7) is 4.39. The second kappa shape index (κ2) is 9.63. The van der Waals surface area contributed by atoms with Crippen molar-refractivity contribution in [1.82, 2.24) is 0 Å². The van der Waals surface area contributed by atoms with Gasteiger partial charge in [-0.15, -0.1) is 0 Å². The van der Waals surface area contributed by atoms with Gasteiger partial charge in [0.1, 0.15) is 11.1 Å². The van der Waals surface area contributed by atoms with Crippen LogP contribution in [0.4, 0.5) is 5.69 Å². The summed E-state index contributed by atoms with van der Waals surface area (Å²) < 4.78 is 0. The zero-order valence-corrected chi connectivity index (χ0v) is 16.5. The highest BCUT2D eigenvalue weighted by Crippen LogP contribution is 2.46. The van der Waals surface area contributed by atoms with Gasteiger partial charge in [0.2, 0.25) is 0 Å². The third kappa shape index (κ3) is 4.21. The molecule has 0 aromatic heterocycles. The monoisotopic (exact) mass is 351 g/mol. The first-order valence-electron chi connectivity index (χ1n) is 10.4. The first-order valence-corrected chi connectivity index (χ1v) is 10.4. The molecule has 0 bridgehead atoms. The van der Waals surface area contributed by atoms with Gasteiger partial charge in [-0.2, -0.15) is 10.5 Å². The first-order chi connectivity index (χ1) is 12.7. The number of unbranched alkanes of at least 4 members (excludes halogenated alkanes) is 4. The summed E-state index contributed by atoms with van der Waals surface area (Å²) >= 11 is 0. The van der Waals surface area contributed by atoms with Crippen molar-refractivity contribution in [2.45, 2.75) is 95.6 Å². The highest BCUT2D eigenvalue weighted by molar-refractivity contribution is 5.57. The van der Waals surface area contributed by atoms with Gasteiger partial charge in [0.15, 0.2) is 0 Å². The number of benzene rings is 1. The largest absolute Gasteiger partial charge is 0.334 e. The zero-order chi connectivity index (χ0) is 18.9. The third-order valence-electron chi connectivity index (χ3n) is 5.86. The van der Waals surface area contributed by atoms with E-state index >= 15 is 0 Å². The zero-order valence-electron chi connectivity index (χ0n) is 16.5. The number of piperidine rings is 1. The Kier molecular flexibility index (Phi) is 7.52. The molecule has 0 spiro atoms. The van der Waals surface area contributed by atoms with E-state index in [1.807, 2.05) is 18.2 Å². The number of para-hydroxylation sites is 1. The number of nitrogens with zero attached hydrogens (tertiary/aromatic N) is 3. The van der Waals surface area contributed by atoms with Crippen LogP contribution in [0.5, 0.6) is 0 Å². The molecular weight excluding hydrogens is 318 g/mol. The number of nitriles is 2. The standard InChI is InChI=1S/C23H33N3/c1-3-5-10-15-22(19-24)17-12-18-23(20-25,16-11-6-4-2)26(22)21-13-8-7-9-14-21/h7-9,13-14H,3-6,10-12,15-18H2,1-2H3. The second-order valence-corrected chi connectivity index (χ2v) is 7.73. The number of hydrogen-bond acceptors (Lipinski definition) is 3. The first kappa shape index (κ1) is 20.3. The molecule has 1 heterocycles. The van der Waals surface area contributed by atoms with Crippen LogP contribution in [0.2, 0.25) is 0 Å². The lowest BCUT2D eigenvalue weighted by Gasteiger charge is -2.53. The van der Waals surface area contributed by atoms with Crippen molar-refractivity contribution in [3.8, 4) is 12.1 Å². The lowest BCUT2D eigenvalue weighted by atomic mass is 9.72. The van der Waals surface area contributed by atoms with Gasteiger partial charge in [-0.3, -0.25) is 0 Å². The van der Waals surface area contributed by atoms with Gasteiger partial charge >= 0.3 is 0 Å². The maximum Gasteiger partial charge on any atom is 0.129 e. The minimum Gasteiger partial charge on any atom is -0.334 e. The normalized spacial score (nSPS) is 25.5. The quantitative estimate of drug-likeness (QED) is 0.486. The molecule has 3 heteroatoms.